The normalized spacial score (nSPS) is 26.9. The zero-order valence-electron chi connectivity index (χ0n) is 10.1. The van der Waals surface area contributed by atoms with Gasteiger partial charge in [-0.2, -0.15) is 0 Å². The molecule has 1 aliphatic carbocycles. The van der Waals surface area contributed by atoms with Crippen LogP contribution >= 0.6 is 0 Å². The zero-order chi connectivity index (χ0) is 12.0. The Bertz CT molecular complexity index is 290. The molecule has 1 rings (SSSR count). The van der Waals surface area contributed by atoms with Crippen LogP contribution in [0.2, 0.25) is 0 Å². The summed E-state index contributed by atoms with van der Waals surface area (Å²) in [4.78, 5) is 0. The molecule has 0 heterocycles. The smallest absolute Gasteiger partial charge is 0.151 e. The number of hydrogen-bond donors (Lipinski definition) is 2. The molecule has 0 aromatic carbocycles. The highest BCUT2D eigenvalue weighted by molar-refractivity contribution is 7.91. The molecular weight excluding hydrogens is 224 g/mol. The van der Waals surface area contributed by atoms with E-state index < -0.39 is 9.84 Å². The lowest BCUT2D eigenvalue weighted by molar-refractivity contribution is 0.272. The third-order valence-corrected chi connectivity index (χ3v) is 5.18. The number of sulfone groups is 1. The Balaban J connectivity index is 2.30. The zero-order valence-corrected chi connectivity index (χ0v) is 10.9. The van der Waals surface area contributed by atoms with E-state index in [2.05, 4.69) is 5.32 Å². The summed E-state index contributed by atoms with van der Waals surface area (Å²) in [6, 6.07) is 0.422. The van der Waals surface area contributed by atoms with Gasteiger partial charge in [-0.1, -0.05) is 19.8 Å². The van der Waals surface area contributed by atoms with E-state index in [-0.39, 0.29) is 11.5 Å². The maximum atomic E-state index is 11.3. The Kier molecular flexibility index (Phi) is 5.72. The van der Waals surface area contributed by atoms with E-state index in [4.69, 9.17) is 5.73 Å². The van der Waals surface area contributed by atoms with Crippen LogP contribution in [0.25, 0.3) is 0 Å². The standard InChI is InChI=1S/C11H24N2O2S/c1-2-16(14,15)8-7-13-11-6-4-3-5-10(11)9-12/h10-11,13H,2-9,12H2,1H3. The lowest BCUT2D eigenvalue weighted by Crippen LogP contribution is -2.43. The van der Waals surface area contributed by atoms with Crippen molar-refractivity contribution in [3.8, 4) is 0 Å². The van der Waals surface area contributed by atoms with Gasteiger partial charge in [0.1, 0.15) is 0 Å². The topological polar surface area (TPSA) is 72.2 Å². The molecule has 0 amide bonds. The fourth-order valence-electron chi connectivity index (χ4n) is 2.30. The summed E-state index contributed by atoms with van der Waals surface area (Å²) in [5, 5.41) is 3.35. The first-order valence-electron chi connectivity index (χ1n) is 6.23. The van der Waals surface area contributed by atoms with Crippen LogP contribution in [0.5, 0.6) is 0 Å². The van der Waals surface area contributed by atoms with Crippen LogP contribution in [0, 0.1) is 5.92 Å². The van der Waals surface area contributed by atoms with Crippen molar-refractivity contribution in [1.82, 2.24) is 5.32 Å². The molecule has 0 radical (unpaired) electrons. The highest BCUT2D eigenvalue weighted by atomic mass is 32.2. The quantitative estimate of drug-likeness (QED) is 0.719. The van der Waals surface area contributed by atoms with E-state index in [1.165, 1.54) is 19.3 Å². The molecule has 0 aromatic heterocycles. The maximum absolute atomic E-state index is 11.3. The molecule has 5 heteroatoms. The average Bonchev–Trinajstić information content (AvgIpc) is 2.29. The first-order valence-corrected chi connectivity index (χ1v) is 8.05. The summed E-state index contributed by atoms with van der Waals surface area (Å²) in [6.45, 7) is 2.97. The van der Waals surface area contributed by atoms with Crippen molar-refractivity contribution in [2.45, 2.75) is 38.6 Å². The van der Waals surface area contributed by atoms with Gasteiger partial charge in [-0.25, -0.2) is 8.42 Å². The Morgan fingerprint density at radius 2 is 2.00 bits per heavy atom. The van der Waals surface area contributed by atoms with Gasteiger partial charge in [-0.15, -0.1) is 0 Å². The van der Waals surface area contributed by atoms with E-state index in [0.717, 1.165) is 6.42 Å². The number of nitrogens with two attached hydrogens (primary N) is 1. The fourth-order valence-corrected chi connectivity index (χ4v) is 3.02. The summed E-state index contributed by atoms with van der Waals surface area (Å²) in [7, 11) is -2.84. The van der Waals surface area contributed by atoms with Crippen molar-refractivity contribution in [3.63, 3.8) is 0 Å². The fraction of sp³-hybridized carbons (Fsp3) is 1.00. The van der Waals surface area contributed by atoms with Crippen molar-refractivity contribution in [2.75, 3.05) is 24.6 Å². The summed E-state index contributed by atoms with van der Waals surface area (Å²) >= 11 is 0. The Morgan fingerprint density at radius 3 is 2.62 bits per heavy atom. The third-order valence-electron chi connectivity index (χ3n) is 3.47. The van der Waals surface area contributed by atoms with Gasteiger partial charge in [-0.3, -0.25) is 0 Å². The molecular formula is C11H24N2O2S. The molecule has 1 aliphatic rings. The van der Waals surface area contributed by atoms with Gasteiger partial charge in [0.2, 0.25) is 0 Å². The SMILES string of the molecule is CCS(=O)(=O)CCNC1CCCCC1CN. The van der Waals surface area contributed by atoms with Crippen molar-refractivity contribution >= 4 is 9.84 Å². The highest BCUT2D eigenvalue weighted by Gasteiger charge is 2.23. The first kappa shape index (κ1) is 13.9. The van der Waals surface area contributed by atoms with Gasteiger partial charge in [0.25, 0.3) is 0 Å². The van der Waals surface area contributed by atoms with Crippen LogP contribution < -0.4 is 11.1 Å². The summed E-state index contributed by atoms with van der Waals surface area (Å²) < 4.78 is 22.7. The molecule has 16 heavy (non-hydrogen) atoms. The monoisotopic (exact) mass is 248 g/mol. The van der Waals surface area contributed by atoms with Crippen LogP contribution in [-0.2, 0) is 9.84 Å². The number of nitrogens with one attached hydrogen (secondary N) is 1. The predicted octanol–water partition coefficient (Wildman–Crippen LogP) is 0.528. The van der Waals surface area contributed by atoms with E-state index in [0.29, 0.717) is 25.0 Å². The van der Waals surface area contributed by atoms with Crippen LogP contribution in [0.4, 0.5) is 0 Å². The number of rotatable bonds is 6. The third kappa shape index (κ3) is 4.39. The predicted molar refractivity (Wildman–Crippen MR) is 67.1 cm³/mol. The molecule has 0 aliphatic heterocycles. The van der Waals surface area contributed by atoms with Crippen molar-refractivity contribution in [3.05, 3.63) is 0 Å². The highest BCUT2D eigenvalue weighted by Crippen LogP contribution is 2.23. The van der Waals surface area contributed by atoms with E-state index in [1.807, 2.05) is 0 Å². The summed E-state index contributed by atoms with van der Waals surface area (Å²) in [6.07, 6.45) is 4.80. The minimum absolute atomic E-state index is 0.236. The Morgan fingerprint density at radius 1 is 1.31 bits per heavy atom. The molecule has 1 saturated carbocycles. The molecule has 96 valence electrons. The van der Waals surface area contributed by atoms with Crippen LogP contribution in [-0.4, -0.2) is 39.1 Å². The average molecular weight is 248 g/mol. The molecule has 0 aromatic rings. The second kappa shape index (κ2) is 6.57. The van der Waals surface area contributed by atoms with Crippen LogP contribution in [0.15, 0.2) is 0 Å². The lowest BCUT2D eigenvalue weighted by atomic mass is 9.84. The lowest BCUT2D eigenvalue weighted by Gasteiger charge is -2.31. The maximum Gasteiger partial charge on any atom is 0.151 e. The minimum Gasteiger partial charge on any atom is -0.330 e. The Labute approximate surface area is 98.9 Å². The van der Waals surface area contributed by atoms with Gasteiger partial charge < -0.3 is 11.1 Å². The van der Waals surface area contributed by atoms with E-state index in [1.54, 1.807) is 6.92 Å². The van der Waals surface area contributed by atoms with Crippen molar-refractivity contribution < 1.29 is 8.42 Å². The van der Waals surface area contributed by atoms with Gasteiger partial charge in [0.05, 0.1) is 5.75 Å². The van der Waals surface area contributed by atoms with Crippen LogP contribution in [0.1, 0.15) is 32.6 Å². The molecule has 3 N–H and O–H groups in total. The molecule has 4 nitrogen and oxygen atoms in total. The molecule has 2 atom stereocenters. The second-order valence-corrected chi connectivity index (χ2v) is 7.05. The second-order valence-electron chi connectivity index (χ2n) is 4.58. The van der Waals surface area contributed by atoms with Crippen molar-refractivity contribution in [2.24, 2.45) is 11.7 Å². The Hall–Kier alpha value is -0.130. The molecule has 2 unspecified atom stereocenters. The first-order chi connectivity index (χ1) is 7.59. The van der Waals surface area contributed by atoms with Gasteiger partial charge in [-0.05, 0) is 25.3 Å². The van der Waals surface area contributed by atoms with E-state index >= 15 is 0 Å². The number of hydrogen-bond acceptors (Lipinski definition) is 4. The summed E-state index contributed by atoms with van der Waals surface area (Å²) in [5.74, 6) is 1.01. The molecule has 0 spiro atoms. The largest absolute Gasteiger partial charge is 0.330 e. The van der Waals surface area contributed by atoms with Crippen LogP contribution in [0.3, 0.4) is 0 Å². The molecule has 0 saturated heterocycles. The van der Waals surface area contributed by atoms with Gasteiger partial charge in [0, 0.05) is 18.3 Å². The molecule has 1 fully saturated rings. The minimum atomic E-state index is -2.84. The van der Waals surface area contributed by atoms with Gasteiger partial charge >= 0.3 is 0 Å². The molecule has 0 bridgehead atoms. The summed E-state index contributed by atoms with van der Waals surface area (Å²) in [5.41, 5.74) is 5.72. The van der Waals surface area contributed by atoms with E-state index in [9.17, 15) is 8.42 Å². The van der Waals surface area contributed by atoms with Gasteiger partial charge in [0.15, 0.2) is 9.84 Å². The van der Waals surface area contributed by atoms with Crippen molar-refractivity contribution in [1.29, 1.82) is 0 Å².